The molecule has 546 valence electrons. The van der Waals surface area contributed by atoms with Crippen molar-refractivity contribution >= 4 is 39.5 Å². The third-order valence-electron chi connectivity index (χ3n) is 17.5. The second-order valence-corrected chi connectivity index (χ2v) is 30.7. The maximum Gasteiger partial charge on any atom is 0.472 e. The summed E-state index contributed by atoms with van der Waals surface area (Å²) in [6, 6.07) is 0. The first-order chi connectivity index (χ1) is 44.2. The number of carbonyl (C=O) groups is 4. The Bertz CT molecular complexity index is 1820. The molecule has 0 fully saturated rings. The van der Waals surface area contributed by atoms with Gasteiger partial charge in [-0.15, -0.1) is 0 Å². The molecule has 0 spiro atoms. The number of aliphatic hydroxyl groups is 1. The van der Waals surface area contributed by atoms with Gasteiger partial charge >= 0.3 is 39.5 Å². The molecule has 0 aromatic heterocycles. The fourth-order valence-electron chi connectivity index (χ4n) is 11.0. The number of aliphatic hydroxyl groups excluding tert-OH is 1. The van der Waals surface area contributed by atoms with E-state index in [4.69, 9.17) is 37.0 Å². The summed E-state index contributed by atoms with van der Waals surface area (Å²) >= 11 is 0. The lowest BCUT2D eigenvalue weighted by molar-refractivity contribution is -0.161. The molecular formula is C73H142O17P2. The first-order valence-corrected chi connectivity index (χ1v) is 40.8. The van der Waals surface area contributed by atoms with E-state index in [1.807, 2.05) is 0 Å². The highest BCUT2D eigenvalue weighted by Crippen LogP contribution is 2.45. The van der Waals surface area contributed by atoms with Crippen LogP contribution in [0.2, 0.25) is 0 Å². The Morgan fingerprint density at radius 1 is 0.304 bits per heavy atom. The van der Waals surface area contributed by atoms with Gasteiger partial charge < -0.3 is 33.8 Å². The minimum atomic E-state index is -4.95. The van der Waals surface area contributed by atoms with Gasteiger partial charge in [-0.3, -0.25) is 37.3 Å². The van der Waals surface area contributed by atoms with E-state index >= 15 is 0 Å². The molecule has 92 heavy (non-hydrogen) atoms. The Morgan fingerprint density at radius 2 is 0.522 bits per heavy atom. The molecule has 0 rings (SSSR count). The average Bonchev–Trinajstić information content (AvgIpc) is 2.98. The van der Waals surface area contributed by atoms with E-state index in [2.05, 4.69) is 55.4 Å². The second kappa shape index (κ2) is 62.6. The topological polar surface area (TPSA) is 237 Å². The van der Waals surface area contributed by atoms with Crippen LogP contribution in [-0.4, -0.2) is 96.7 Å². The molecule has 4 unspecified atom stereocenters. The van der Waals surface area contributed by atoms with Gasteiger partial charge in [-0.25, -0.2) is 9.13 Å². The summed E-state index contributed by atoms with van der Waals surface area (Å²) in [5.74, 6) is 0.858. The fourth-order valence-corrected chi connectivity index (χ4v) is 12.5. The van der Waals surface area contributed by atoms with Crippen molar-refractivity contribution in [3.8, 4) is 0 Å². The molecule has 17 nitrogen and oxygen atoms in total. The summed E-state index contributed by atoms with van der Waals surface area (Å²) in [6.45, 7) is 14.1. The highest BCUT2D eigenvalue weighted by atomic mass is 31.2. The van der Waals surface area contributed by atoms with Crippen molar-refractivity contribution in [1.82, 2.24) is 0 Å². The van der Waals surface area contributed by atoms with Crippen molar-refractivity contribution in [2.75, 3.05) is 39.6 Å². The van der Waals surface area contributed by atoms with Gasteiger partial charge in [-0.1, -0.05) is 312 Å². The van der Waals surface area contributed by atoms with Gasteiger partial charge in [-0.2, -0.15) is 0 Å². The normalized spacial score (nSPS) is 14.8. The molecular weight excluding hydrogens is 1210 g/mol. The van der Waals surface area contributed by atoms with Crippen LogP contribution in [0.15, 0.2) is 0 Å². The molecule has 3 N–H and O–H groups in total. The lowest BCUT2D eigenvalue weighted by atomic mass is 9.99. The predicted octanol–water partition coefficient (Wildman–Crippen LogP) is 20.9. The fraction of sp³-hybridized carbons (Fsp3) is 0.945. The quantitative estimate of drug-likeness (QED) is 0.0222. The van der Waals surface area contributed by atoms with Crippen molar-refractivity contribution in [2.45, 2.75) is 382 Å². The molecule has 0 saturated carbocycles. The van der Waals surface area contributed by atoms with Crippen LogP contribution >= 0.6 is 15.6 Å². The van der Waals surface area contributed by atoms with Gasteiger partial charge in [0.1, 0.15) is 19.3 Å². The molecule has 7 atom stereocenters. The SMILES string of the molecule is CCC(C)CCCCCCCCCCCCCCCCCCCCC(=O)OC[C@H](COP(=O)(O)OC[C@@H](O)COP(=O)(O)OC[C@@H](COC(=O)CCCCCCCCC(C)CC)OC(=O)CCCCCCCCC(C)C)OC(=O)CCCCCCCCCCC(C)C. The molecule has 0 radical (unpaired) electrons. The van der Waals surface area contributed by atoms with Gasteiger partial charge in [-0.05, 0) is 49.4 Å². The van der Waals surface area contributed by atoms with E-state index in [9.17, 15) is 43.2 Å². The molecule has 0 aliphatic rings. The third kappa shape index (κ3) is 64.1. The lowest BCUT2D eigenvalue weighted by Gasteiger charge is -2.21. The number of hydrogen-bond donors (Lipinski definition) is 3. The molecule has 0 aromatic rings. The van der Waals surface area contributed by atoms with Crippen molar-refractivity contribution in [1.29, 1.82) is 0 Å². The number of esters is 4. The van der Waals surface area contributed by atoms with Crippen LogP contribution in [0.3, 0.4) is 0 Å². The van der Waals surface area contributed by atoms with Gasteiger partial charge in [0, 0.05) is 25.7 Å². The number of hydrogen-bond acceptors (Lipinski definition) is 15. The van der Waals surface area contributed by atoms with Crippen molar-refractivity contribution in [2.24, 2.45) is 23.7 Å². The number of carbonyl (C=O) groups excluding carboxylic acids is 4. The highest BCUT2D eigenvalue weighted by Gasteiger charge is 2.30. The summed E-state index contributed by atoms with van der Waals surface area (Å²) in [4.78, 5) is 72.5. The predicted molar refractivity (Wildman–Crippen MR) is 372 cm³/mol. The first-order valence-electron chi connectivity index (χ1n) is 37.8. The zero-order chi connectivity index (χ0) is 68.2. The van der Waals surface area contributed by atoms with Gasteiger partial charge in [0.15, 0.2) is 12.2 Å². The van der Waals surface area contributed by atoms with Crippen molar-refractivity contribution in [3.05, 3.63) is 0 Å². The minimum absolute atomic E-state index is 0.101. The third-order valence-corrected chi connectivity index (χ3v) is 19.4. The summed E-state index contributed by atoms with van der Waals surface area (Å²) in [6.07, 6.45) is 46.3. The van der Waals surface area contributed by atoms with E-state index in [0.717, 1.165) is 114 Å². The summed E-state index contributed by atoms with van der Waals surface area (Å²) in [5, 5.41) is 10.6. The zero-order valence-corrected chi connectivity index (χ0v) is 62.0. The molecule has 0 saturated heterocycles. The van der Waals surface area contributed by atoms with E-state index < -0.39 is 97.5 Å². The van der Waals surface area contributed by atoms with Crippen LogP contribution in [0.5, 0.6) is 0 Å². The average molecular weight is 1350 g/mol. The molecule has 0 aromatic carbocycles. The number of unbranched alkanes of at least 4 members (excludes halogenated alkanes) is 34. The maximum atomic E-state index is 13.0. The van der Waals surface area contributed by atoms with E-state index in [1.54, 1.807) is 0 Å². The maximum absolute atomic E-state index is 13.0. The lowest BCUT2D eigenvalue weighted by Crippen LogP contribution is -2.30. The number of phosphoric acid groups is 2. The second-order valence-electron chi connectivity index (χ2n) is 27.8. The summed E-state index contributed by atoms with van der Waals surface area (Å²) < 4.78 is 68.2. The van der Waals surface area contributed by atoms with Crippen LogP contribution in [0.1, 0.15) is 364 Å². The van der Waals surface area contributed by atoms with Gasteiger partial charge in [0.2, 0.25) is 0 Å². The molecule has 0 aliphatic carbocycles. The van der Waals surface area contributed by atoms with Crippen LogP contribution in [0, 0.1) is 23.7 Å². The Labute approximate surface area is 562 Å². The van der Waals surface area contributed by atoms with Gasteiger partial charge in [0.25, 0.3) is 0 Å². The molecule has 0 heterocycles. The Balaban J connectivity index is 5.12. The van der Waals surface area contributed by atoms with E-state index in [-0.39, 0.29) is 25.7 Å². The van der Waals surface area contributed by atoms with Gasteiger partial charge in [0.05, 0.1) is 26.4 Å². The van der Waals surface area contributed by atoms with Crippen molar-refractivity contribution < 1.29 is 80.2 Å². The Morgan fingerprint density at radius 3 is 0.772 bits per heavy atom. The minimum Gasteiger partial charge on any atom is -0.462 e. The first kappa shape index (κ1) is 90.1. The van der Waals surface area contributed by atoms with Crippen LogP contribution in [0.4, 0.5) is 0 Å². The van der Waals surface area contributed by atoms with Crippen LogP contribution in [0.25, 0.3) is 0 Å². The molecule has 0 amide bonds. The molecule has 0 aliphatic heterocycles. The number of ether oxygens (including phenoxy) is 4. The Hall–Kier alpha value is -1.94. The van der Waals surface area contributed by atoms with Crippen LogP contribution in [-0.2, 0) is 65.4 Å². The standard InChI is InChI=1S/C73H142O17P2/c1-9-65(7)51-43-35-26-21-19-17-15-13-11-12-14-16-18-20-22-27-37-45-53-70(75)83-59-68(89-72(77)55-47-39-28-24-23-25-33-41-49-63(3)4)61-87-91(79,80)85-57-67(74)58-86-92(81,82)88-62-69(90-73(78)56-48-40-31-29-34-42-50-64(5)6)60-84-71(76)54-46-38-32-30-36-44-52-66(8)10-2/h63-69,74H,9-62H2,1-8H3,(H,79,80)(H,81,82)/t65?,66?,67-,68-,69-/m1/s1. The summed E-state index contributed by atoms with van der Waals surface area (Å²) in [5.41, 5.74) is 0. The monoisotopic (exact) mass is 1350 g/mol. The van der Waals surface area contributed by atoms with E-state index in [0.29, 0.717) is 31.6 Å². The number of rotatable bonds is 70. The largest absolute Gasteiger partial charge is 0.472 e. The zero-order valence-electron chi connectivity index (χ0n) is 60.2. The molecule has 19 heteroatoms. The highest BCUT2D eigenvalue weighted by molar-refractivity contribution is 7.47. The Kier molecular flexibility index (Phi) is 61.3. The summed E-state index contributed by atoms with van der Waals surface area (Å²) in [7, 11) is -9.90. The van der Waals surface area contributed by atoms with Crippen molar-refractivity contribution in [3.63, 3.8) is 0 Å². The smallest absolute Gasteiger partial charge is 0.462 e. The molecule has 0 bridgehead atoms. The van der Waals surface area contributed by atoms with Crippen LogP contribution < -0.4 is 0 Å². The van der Waals surface area contributed by atoms with E-state index in [1.165, 1.54) is 161 Å². The number of phosphoric ester groups is 2.